The van der Waals surface area contributed by atoms with Crippen molar-refractivity contribution in [2.75, 3.05) is 13.1 Å². The van der Waals surface area contributed by atoms with Gasteiger partial charge in [-0.2, -0.15) is 0 Å². The van der Waals surface area contributed by atoms with Crippen molar-refractivity contribution in [3.63, 3.8) is 0 Å². The summed E-state index contributed by atoms with van der Waals surface area (Å²) in [4.78, 5) is 24.8. The van der Waals surface area contributed by atoms with Crippen molar-refractivity contribution in [2.45, 2.75) is 38.2 Å². The lowest BCUT2D eigenvalue weighted by molar-refractivity contribution is -0.274. The number of nitrogens with one attached hydrogen (secondary N) is 1. The van der Waals surface area contributed by atoms with Gasteiger partial charge in [-0.05, 0) is 37.1 Å². The van der Waals surface area contributed by atoms with Crippen LogP contribution < -0.4 is 10.1 Å². The van der Waals surface area contributed by atoms with Crippen LogP contribution in [0.1, 0.15) is 24.8 Å². The van der Waals surface area contributed by atoms with Gasteiger partial charge < -0.3 is 15.2 Å². The van der Waals surface area contributed by atoms with E-state index in [1.807, 2.05) is 0 Å². The fraction of sp³-hybridized carbons (Fsp3) is 0.500. The lowest BCUT2D eigenvalue weighted by Crippen LogP contribution is -2.48. The Kier molecular flexibility index (Phi) is 8.16. The molecule has 1 aliphatic rings. The summed E-state index contributed by atoms with van der Waals surface area (Å²) in [5.74, 6) is -1.60. The van der Waals surface area contributed by atoms with Gasteiger partial charge in [0, 0.05) is 6.54 Å². The number of nitrogens with zero attached hydrogens (tertiary/aromatic N) is 1. The van der Waals surface area contributed by atoms with Gasteiger partial charge in [0.05, 0.1) is 6.54 Å². The van der Waals surface area contributed by atoms with E-state index < -0.39 is 18.4 Å². The summed E-state index contributed by atoms with van der Waals surface area (Å²) in [6.07, 6.45) is -2.56. The molecule has 0 spiro atoms. The van der Waals surface area contributed by atoms with E-state index in [-0.39, 0.29) is 37.2 Å². The van der Waals surface area contributed by atoms with Gasteiger partial charge in [0.25, 0.3) is 0 Å². The van der Waals surface area contributed by atoms with E-state index in [4.69, 9.17) is 0 Å². The highest BCUT2D eigenvalue weighted by Gasteiger charge is 2.31. The summed E-state index contributed by atoms with van der Waals surface area (Å²) in [6, 6.07) is 4.52. The second-order valence-electron chi connectivity index (χ2n) is 5.79. The molecule has 1 aliphatic heterocycles. The standard InChI is InChI=1S/C16H19F3N2O4.ClH/c17-16(18,19)25-12-6-4-11(5-7-12)9-20-14(22)10-21-8-2-1-3-13(21)15(23)24;/h4-7,13H,1-3,8-10H2,(H,20,22)(H,23,24);1H. The number of carbonyl (C=O) groups is 2. The molecule has 0 saturated carbocycles. The van der Waals surface area contributed by atoms with Crippen molar-refractivity contribution in [3.8, 4) is 5.75 Å². The van der Waals surface area contributed by atoms with Gasteiger partial charge in [0.1, 0.15) is 11.8 Å². The van der Waals surface area contributed by atoms with Crippen molar-refractivity contribution in [1.82, 2.24) is 10.2 Å². The van der Waals surface area contributed by atoms with Crippen LogP contribution >= 0.6 is 12.4 Å². The smallest absolute Gasteiger partial charge is 0.480 e. The van der Waals surface area contributed by atoms with Crippen LogP contribution in [0.5, 0.6) is 5.75 Å². The highest BCUT2D eigenvalue weighted by Crippen LogP contribution is 2.22. The molecule has 1 heterocycles. The van der Waals surface area contributed by atoms with Gasteiger partial charge >= 0.3 is 12.3 Å². The number of hydrogen-bond donors (Lipinski definition) is 2. The molecule has 0 aliphatic carbocycles. The first-order valence-corrected chi connectivity index (χ1v) is 7.83. The number of amides is 1. The van der Waals surface area contributed by atoms with E-state index in [1.54, 1.807) is 4.90 Å². The molecule has 1 aromatic rings. The molecule has 26 heavy (non-hydrogen) atoms. The number of piperidine rings is 1. The van der Waals surface area contributed by atoms with Gasteiger partial charge in [-0.1, -0.05) is 18.6 Å². The van der Waals surface area contributed by atoms with Gasteiger partial charge in [-0.25, -0.2) is 0 Å². The van der Waals surface area contributed by atoms with Crippen molar-refractivity contribution in [2.24, 2.45) is 0 Å². The van der Waals surface area contributed by atoms with Crippen LogP contribution in [0.25, 0.3) is 0 Å². The zero-order chi connectivity index (χ0) is 18.4. The zero-order valence-electron chi connectivity index (χ0n) is 13.8. The first-order valence-electron chi connectivity index (χ1n) is 7.83. The van der Waals surface area contributed by atoms with E-state index >= 15 is 0 Å². The Morgan fingerprint density at radius 2 is 1.88 bits per heavy atom. The monoisotopic (exact) mass is 396 g/mol. The average molecular weight is 397 g/mol. The third kappa shape index (κ3) is 7.09. The van der Waals surface area contributed by atoms with Crippen LogP contribution in [0.3, 0.4) is 0 Å². The van der Waals surface area contributed by atoms with Crippen molar-refractivity contribution < 1.29 is 32.6 Å². The lowest BCUT2D eigenvalue weighted by atomic mass is 10.0. The lowest BCUT2D eigenvalue weighted by Gasteiger charge is -2.32. The summed E-state index contributed by atoms with van der Waals surface area (Å²) in [7, 11) is 0. The number of aliphatic carboxylic acids is 1. The normalized spacial score (nSPS) is 17.9. The quantitative estimate of drug-likeness (QED) is 0.772. The predicted octanol–water partition coefficient (Wildman–Crippen LogP) is 2.56. The van der Waals surface area contributed by atoms with Crippen LogP contribution in [-0.2, 0) is 16.1 Å². The van der Waals surface area contributed by atoms with Crippen LogP contribution in [-0.4, -0.2) is 47.4 Å². The van der Waals surface area contributed by atoms with E-state index in [2.05, 4.69) is 10.1 Å². The Balaban J connectivity index is 0.00000338. The molecule has 10 heteroatoms. The number of carboxylic acids is 1. The minimum Gasteiger partial charge on any atom is -0.480 e. The first kappa shape index (κ1) is 22.0. The van der Waals surface area contributed by atoms with Gasteiger partial charge in [-0.15, -0.1) is 25.6 Å². The van der Waals surface area contributed by atoms with Crippen LogP contribution in [0.2, 0.25) is 0 Å². The fourth-order valence-electron chi connectivity index (χ4n) is 2.71. The SMILES string of the molecule is Cl.O=C(CN1CCCCC1C(=O)O)NCc1ccc(OC(F)(F)F)cc1. The summed E-state index contributed by atoms with van der Waals surface area (Å²) in [6.45, 7) is 0.664. The summed E-state index contributed by atoms with van der Waals surface area (Å²) in [5, 5.41) is 11.8. The van der Waals surface area contributed by atoms with Gasteiger partial charge in [0.2, 0.25) is 5.91 Å². The maximum Gasteiger partial charge on any atom is 0.573 e. The summed E-state index contributed by atoms with van der Waals surface area (Å²) < 4.78 is 40.0. The molecule has 1 fully saturated rings. The number of alkyl halides is 3. The molecule has 0 radical (unpaired) electrons. The average Bonchev–Trinajstić information content (AvgIpc) is 2.53. The Morgan fingerprint density at radius 1 is 1.23 bits per heavy atom. The molecule has 2 rings (SSSR count). The molecule has 1 aromatic carbocycles. The second kappa shape index (κ2) is 9.63. The number of hydrogen-bond acceptors (Lipinski definition) is 4. The number of rotatable bonds is 6. The number of likely N-dealkylation sites (tertiary alicyclic amines) is 1. The van der Waals surface area contributed by atoms with Crippen molar-refractivity contribution in [1.29, 1.82) is 0 Å². The number of halogens is 4. The zero-order valence-corrected chi connectivity index (χ0v) is 14.6. The fourth-order valence-corrected chi connectivity index (χ4v) is 2.71. The summed E-state index contributed by atoms with van der Waals surface area (Å²) in [5.41, 5.74) is 0.608. The molecule has 6 nitrogen and oxygen atoms in total. The minimum atomic E-state index is -4.75. The van der Waals surface area contributed by atoms with Crippen LogP contribution in [0.4, 0.5) is 13.2 Å². The topological polar surface area (TPSA) is 78.9 Å². The first-order chi connectivity index (χ1) is 11.7. The molecular weight excluding hydrogens is 377 g/mol. The van der Waals surface area contributed by atoms with E-state index in [9.17, 15) is 27.9 Å². The Hall–Kier alpha value is -2.00. The number of carbonyl (C=O) groups excluding carboxylic acids is 1. The molecule has 0 aromatic heterocycles. The maximum atomic E-state index is 12.1. The third-order valence-electron chi connectivity index (χ3n) is 3.89. The number of ether oxygens (including phenoxy) is 1. The third-order valence-corrected chi connectivity index (χ3v) is 3.89. The van der Waals surface area contributed by atoms with Crippen molar-refractivity contribution in [3.05, 3.63) is 29.8 Å². The van der Waals surface area contributed by atoms with Gasteiger partial charge in [0.15, 0.2) is 0 Å². The number of benzene rings is 1. The largest absolute Gasteiger partial charge is 0.573 e. The molecule has 0 bridgehead atoms. The van der Waals surface area contributed by atoms with E-state index in [0.29, 0.717) is 18.5 Å². The van der Waals surface area contributed by atoms with Crippen LogP contribution in [0, 0.1) is 0 Å². The highest BCUT2D eigenvalue weighted by molar-refractivity contribution is 5.85. The minimum absolute atomic E-state index is 0. The Morgan fingerprint density at radius 3 is 2.46 bits per heavy atom. The van der Waals surface area contributed by atoms with E-state index in [0.717, 1.165) is 12.8 Å². The number of carboxylic acid groups (broad SMARTS) is 1. The molecule has 1 saturated heterocycles. The summed E-state index contributed by atoms with van der Waals surface area (Å²) >= 11 is 0. The molecule has 146 valence electrons. The highest BCUT2D eigenvalue weighted by atomic mass is 35.5. The van der Waals surface area contributed by atoms with Gasteiger partial charge in [-0.3, -0.25) is 14.5 Å². The second-order valence-corrected chi connectivity index (χ2v) is 5.79. The van der Waals surface area contributed by atoms with E-state index in [1.165, 1.54) is 24.3 Å². The molecular formula is C16H20ClF3N2O4. The van der Waals surface area contributed by atoms with Crippen LogP contribution in [0.15, 0.2) is 24.3 Å². The Labute approximate surface area is 154 Å². The molecule has 1 atom stereocenters. The molecule has 1 unspecified atom stereocenters. The maximum absolute atomic E-state index is 12.1. The Bertz CT molecular complexity index is 611. The molecule has 2 N–H and O–H groups in total. The van der Waals surface area contributed by atoms with Crippen molar-refractivity contribution >= 4 is 24.3 Å². The molecule has 1 amide bonds. The predicted molar refractivity (Wildman–Crippen MR) is 89.1 cm³/mol.